The fourth-order valence-corrected chi connectivity index (χ4v) is 1.93. The van der Waals surface area contributed by atoms with E-state index in [1.165, 1.54) is 12.8 Å². The van der Waals surface area contributed by atoms with Crippen molar-refractivity contribution in [3.63, 3.8) is 0 Å². The van der Waals surface area contributed by atoms with E-state index in [0.717, 1.165) is 37.3 Å². The maximum Gasteiger partial charge on any atom is 0.114 e. The van der Waals surface area contributed by atoms with Gasteiger partial charge in [-0.05, 0) is 25.0 Å². The van der Waals surface area contributed by atoms with Crippen molar-refractivity contribution in [2.75, 3.05) is 13.7 Å². The van der Waals surface area contributed by atoms with E-state index in [4.69, 9.17) is 4.74 Å². The average molecular weight is 260 g/mol. The molecular weight excluding hydrogens is 240 g/mol. The topological polar surface area (TPSA) is 52.8 Å². The first kappa shape index (κ1) is 13.7. The van der Waals surface area contributed by atoms with Crippen LogP contribution in [0.1, 0.15) is 25.7 Å². The van der Waals surface area contributed by atoms with Crippen LogP contribution in [0.4, 0.5) is 0 Å². The molecule has 5 nitrogen and oxygen atoms in total. The molecule has 0 aromatic carbocycles. The number of aryl methyl sites for hydroxylation is 1. The molecule has 0 bridgehead atoms. The summed E-state index contributed by atoms with van der Waals surface area (Å²) in [7, 11) is 1.75. The average Bonchev–Trinajstić information content (AvgIpc) is 2.92. The molecule has 0 saturated carbocycles. The summed E-state index contributed by atoms with van der Waals surface area (Å²) >= 11 is 0. The van der Waals surface area contributed by atoms with Crippen molar-refractivity contribution in [3.8, 4) is 11.3 Å². The Hall–Kier alpha value is -1.75. The standard InChI is InChI=1S/C14H20N4O/c1-19-10-5-3-2-4-9-18-12-14(16-17-18)13-7-6-8-15-11-13/h6-8,11-12H,2-5,9-10H2,1H3. The van der Waals surface area contributed by atoms with Crippen LogP contribution in [0.3, 0.4) is 0 Å². The van der Waals surface area contributed by atoms with E-state index >= 15 is 0 Å². The molecule has 2 heterocycles. The van der Waals surface area contributed by atoms with Crippen molar-refractivity contribution in [2.24, 2.45) is 0 Å². The lowest BCUT2D eigenvalue weighted by Crippen LogP contribution is -1.99. The molecule has 0 radical (unpaired) electrons. The zero-order chi connectivity index (χ0) is 13.3. The zero-order valence-electron chi connectivity index (χ0n) is 11.3. The smallest absolute Gasteiger partial charge is 0.114 e. The number of unbranched alkanes of at least 4 members (excludes halogenated alkanes) is 3. The molecule has 102 valence electrons. The molecule has 2 aromatic rings. The number of ether oxygens (including phenoxy) is 1. The van der Waals surface area contributed by atoms with E-state index < -0.39 is 0 Å². The van der Waals surface area contributed by atoms with Crippen molar-refractivity contribution in [3.05, 3.63) is 30.7 Å². The van der Waals surface area contributed by atoms with Gasteiger partial charge >= 0.3 is 0 Å². The first-order valence-electron chi connectivity index (χ1n) is 6.69. The van der Waals surface area contributed by atoms with Crippen LogP contribution in [-0.2, 0) is 11.3 Å². The van der Waals surface area contributed by atoms with Crippen LogP contribution >= 0.6 is 0 Å². The third-order valence-corrected chi connectivity index (χ3v) is 2.98. The highest BCUT2D eigenvalue weighted by atomic mass is 16.5. The minimum Gasteiger partial charge on any atom is -0.385 e. The first-order valence-corrected chi connectivity index (χ1v) is 6.69. The lowest BCUT2D eigenvalue weighted by Gasteiger charge is -2.01. The summed E-state index contributed by atoms with van der Waals surface area (Å²) in [5.74, 6) is 0. The summed E-state index contributed by atoms with van der Waals surface area (Å²) in [6.07, 6.45) is 10.2. The quantitative estimate of drug-likeness (QED) is 0.684. The molecule has 0 unspecified atom stereocenters. The molecule has 0 amide bonds. The molecule has 2 aromatic heterocycles. The molecule has 0 aliphatic carbocycles. The van der Waals surface area contributed by atoms with Gasteiger partial charge in [0.1, 0.15) is 5.69 Å². The summed E-state index contributed by atoms with van der Waals surface area (Å²) in [4.78, 5) is 4.09. The second kappa shape index (κ2) is 7.63. The maximum absolute atomic E-state index is 5.03. The molecule has 2 rings (SSSR count). The minimum absolute atomic E-state index is 0.856. The van der Waals surface area contributed by atoms with Gasteiger partial charge in [0.2, 0.25) is 0 Å². The van der Waals surface area contributed by atoms with E-state index in [2.05, 4.69) is 15.3 Å². The Morgan fingerprint density at radius 1 is 1.21 bits per heavy atom. The fourth-order valence-electron chi connectivity index (χ4n) is 1.93. The molecule has 0 saturated heterocycles. The number of hydrogen-bond acceptors (Lipinski definition) is 4. The number of rotatable bonds is 8. The molecule has 0 atom stereocenters. The number of hydrogen-bond donors (Lipinski definition) is 0. The van der Waals surface area contributed by atoms with Gasteiger partial charge in [0.15, 0.2) is 0 Å². The first-order chi connectivity index (χ1) is 9.40. The molecule has 0 aliphatic rings. The molecule has 0 aliphatic heterocycles. The van der Waals surface area contributed by atoms with Gasteiger partial charge in [0.25, 0.3) is 0 Å². The number of pyridine rings is 1. The lowest BCUT2D eigenvalue weighted by molar-refractivity contribution is 0.191. The third-order valence-electron chi connectivity index (χ3n) is 2.98. The Balaban J connectivity index is 1.75. The number of nitrogens with zero attached hydrogens (tertiary/aromatic N) is 4. The van der Waals surface area contributed by atoms with Crippen molar-refractivity contribution in [1.29, 1.82) is 0 Å². The van der Waals surface area contributed by atoms with Gasteiger partial charge in [-0.3, -0.25) is 9.67 Å². The van der Waals surface area contributed by atoms with Crippen LogP contribution in [0.25, 0.3) is 11.3 Å². The van der Waals surface area contributed by atoms with Crippen LogP contribution < -0.4 is 0 Å². The Labute approximate surface area is 113 Å². The van der Waals surface area contributed by atoms with Crippen molar-refractivity contribution in [2.45, 2.75) is 32.2 Å². The van der Waals surface area contributed by atoms with Crippen LogP contribution in [0.2, 0.25) is 0 Å². The van der Waals surface area contributed by atoms with Crippen molar-refractivity contribution < 1.29 is 4.74 Å². The third kappa shape index (κ3) is 4.44. The predicted octanol–water partition coefficient (Wildman–Crippen LogP) is 2.55. The van der Waals surface area contributed by atoms with Gasteiger partial charge in [-0.2, -0.15) is 0 Å². The van der Waals surface area contributed by atoms with Crippen LogP contribution in [0, 0.1) is 0 Å². The highest BCUT2D eigenvalue weighted by Gasteiger charge is 2.03. The summed E-state index contributed by atoms with van der Waals surface area (Å²) < 4.78 is 6.93. The molecule has 19 heavy (non-hydrogen) atoms. The fraction of sp³-hybridized carbons (Fsp3) is 0.500. The summed E-state index contributed by atoms with van der Waals surface area (Å²) in [6, 6.07) is 3.90. The minimum atomic E-state index is 0.856. The van der Waals surface area contributed by atoms with Crippen LogP contribution in [-0.4, -0.2) is 33.7 Å². The predicted molar refractivity (Wildman–Crippen MR) is 73.6 cm³/mol. The largest absolute Gasteiger partial charge is 0.385 e. The highest BCUT2D eigenvalue weighted by Crippen LogP contribution is 2.13. The van der Waals surface area contributed by atoms with Crippen molar-refractivity contribution >= 4 is 0 Å². The van der Waals surface area contributed by atoms with E-state index in [1.54, 1.807) is 19.5 Å². The molecule has 5 heteroatoms. The van der Waals surface area contributed by atoms with Gasteiger partial charge in [-0.25, -0.2) is 0 Å². The SMILES string of the molecule is COCCCCCCn1cc(-c2cccnc2)nn1. The van der Waals surface area contributed by atoms with E-state index in [0.29, 0.717) is 0 Å². The van der Waals surface area contributed by atoms with Crippen LogP contribution in [0.5, 0.6) is 0 Å². The van der Waals surface area contributed by atoms with E-state index in [1.807, 2.05) is 23.0 Å². The Bertz CT molecular complexity index is 469. The maximum atomic E-state index is 5.03. The van der Waals surface area contributed by atoms with Crippen molar-refractivity contribution in [1.82, 2.24) is 20.0 Å². The number of methoxy groups -OCH3 is 1. The Kier molecular flexibility index (Phi) is 5.49. The summed E-state index contributed by atoms with van der Waals surface area (Å²) in [5.41, 5.74) is 1.89. The Morgan fingerprint density at radius 2 is 2.11 bits per heavy atom. The van der Waals surface area contributed by atoms with Gasteiger partial charge in [0, 0.05) is 38.2 Å². The molecule has 0 N–H and O–H groups in total. The monoisotopic (exact) mass is 260 g/mol. The normalized spacial score (nSPS) is 10.8. The molecular formula is C14H20N4O. The number of aromatic nitrogens is 4. The summed E-state index contributed by atoms with van der Waals surface area (Å²) in [5, 5.41) is 8.31. The second-order valence-electron chi connectivity index (χ2n) is 4.52. The van der Waals surface area contributed by atoms with Gasteiger partial charge in [0.05, 0.1) is 6.20 Å². The van der Waals surface area contributed by atoms with E-state index in [9.17, 15) is 0 Å². The van der Waals surface area contributed by atoms with E-state index in [-0.39, 0.29) is 0 Å². The second-order valence-corrected chi connectivity index (χ2v) is 4.52. The van der Waals surface area contributed by atoms with Gasteiger partial charge < -0.3 is 4.74 Å². The van der Waals surface area contributed by atoms with Crippen LogP contribution in [0.15, 0.2) is 30.7 Å². The molecule has 0 fully saturated rings. The van der Waals surface area contributed by atoms with Gasteiger partial charge in [-0.1, -0.05) is 18.1 Å². The van der Waals surface area contributed by atoms with Gasteiger partial charge in [-0.15, -0.1) is 5.10 Å². The summed E-state index contributed by atoms with van der Waals surface area (Å²) in [6.45, 7) is 1.77. The highest BCUT2D eigenvalue weighted by molar-refractivity contribution is 5.55. The molecule has 0 spiro atoms. The lowest BCUT2D eigenvalue weighted by atomic mass is 10.2. The Morgan fingerprint density at radius 3 is 2.89 bits per heavy atom. The zero-order valence-corrected chi connectivity index (χ0v) is 11.3.